The van der Waals surface area contributed by atoms with Crippen molar-refractivity contribution in [1.29, 1.82) is 0 Å². The van der Waals surface area contributed by atoms with E-state index in [1.165, 1.54) is 6.20 Å². The van der Waals surface area contributed by atoms with Crippen LogP contribution >= 0.6 is 11.6 Å². The third kappa shape index (κ3) is 2.56. The van der Waals surface area contributed by atoms with E-state index >= 15 is 0 Å². The largest absolute Gasteiger partial charge is 0.382 e. The fraction of sp³-hybridized carbons (Fsp3) is 0.308. The molecular weight excluding hydrogens is 252 g/mol. The van der Waals surface area contributed by atoms with E-state index in [-0.39, 0.29) is 0 Å². The summed E-state index contributed by atoms with van der Waals surface area (Å²) in [5.41, 5.74) is 2.43. The van der Waals surface area contributed by atoms with E-state index in [1.807, 2.05) is 24.3 Å². The first-order valence-corrected chi connectivity index (χ1v) is 5.94. The summed E-state index contributed by atoms with van der Waals surface area (Å²) >= 11 is 6.01. The van der Waals surface area contributed by atoms with Crippen molar-refractivity contribution in [2.24, 2.45) is 7.05 Å². The lowest BCUT2D eigenvalue weighted by molar-refractivity contribution is 0.184. The molecule has 18 heavy (non-hydrogen) atoms. The van der Waals surface area contributed by atoms with Crippen LogP contribution in [-0.2, 0) is 18.4 Å². The first-order valence-electron chi connectivity index (χ1n) is 5.56. The van der Waals surface area contributed by atoms with Gasteiger partial charge in [-0.05, 0) is 11.1 Å². The molecule has 0 saturated heterocycles. The van der Waals surface area contributed by atoms with Gasteiger partial charge in [0.2, 0.25) is 0 Å². The molecule has 4 nitrogen and oxygen atoms in total. The Labute approximate surface area is 111 Å². The topological polar surface area (TPSA) is 47.3 Å². The third-order valence-corrected chi connectivity index (χ3v) is 3.09. The Morgan fingerprint density at radius 2 is 2.06 bits per heavy atom. The lowest BCUT2D eigenvalue weighted by atomic mass is 10.0. The van der Waals surface area contributed by atoms with Gasteiger partial charge in [-0.25, -0.2) is 0 Å². The number of rotatable bonds is 4. The minimum Gasteiger partial charge on any atom is -0.382 e. The number of aryl methyl sites for hydroxylation is 1. The number of hydrogen-bond donors (Lipinski definition) is 1. The van der Waals surface area contributed by atoms with Gasteiger partial charge in [0.05, 0.1) is 23.5 Å². The number of aliphatic hydroxyl groups excluding tert-OH is 1. The zero-order chi connectivity index (χ0) is 13.1. The number of aromatic nitrogens is 2. The Balaban J connectivity index is 2.26. The van der Waals surface area contributed by atoms with Gasteiger partial charge in [0.25, 0.3) is 0 Å². The number of halogens is 1. The SMILES string of the molecule is COCc1ccc(C(O)c2c(Cl)cnn2C)cc1. The third-order valence-electron chi connectivity index (χ3n) is 2.80. The minimum absolute atomic E-state index is 0.464. The summed E-state index contributed by atoms with van der Waals surface area (Å²) in [5.74, 6) is 0. The van der Waals surface area contributed by atoms with Gasteiger partial charge in [-0.2, -0.15) is 5.10 Å². The van der Waals surface area contributed by atoms with Crippen molar-refractivity contribution < 1.29 is 9.84 Å². The molecule has 2 rings (SSSR count). The Kier molecular flexibility index (Phi) is 4.01. The second-order valence-electron chi connectivity index (χ2n) is 4.08. The molecule has 1 aromatic carbocycles. The highest BCUT2D eigenvalue weighted by Gasteiger charge is 2.18. The van der Waals surface area contributed by atoms with Crippen molar-refractivity contribution >= 4 is 11.6 Å². The van der Waals surface area contributed by atoms with E-state index in [0.717, 1.165) is 11.1 Å². The monoisotopic (exact) mass is 266 g/mol. The summed E-state index contributed by atoms with van der Waals surface area (Å²) in [4.78, 5) is 0. The maximum Gasteiger partial charge on any atom is 0.122 e. The second-order valence-corrected chi connectivity index (χ2v) is 4.49. The summed E-state index contributed by atoms with van der Waals surface area (Å²) in [7, 11) is 3.40. The lowest BCUT2D eigenvalue weighted by Gasteiger charge is -2.12. The van der Waals surface area contributed by atoms with Gasteiger partial charge in [0, 0.05) is 14.2 Å². The first-order chi connectivity index (χ1) is 8.63. The number of nitrogens with zero attached hydrogens (tertiary/aromatic N) is 2. The fourth-order valence-electron chi connectivity index (χ4n) is 1.85. The molecule has 0 radical (unpaired) electrons. The average Bonchev–Trinajstić information content (AvgIpc) is 2.70. The summed E-state index contributed by atoms with van der Waals surface area (Å²) in [6.07, 6.45) is 0.751. The zero-order valence-corrected chi connectivity index (χ0v) is 11.1. The van der Waals surface area contributed by atoms with Gasteiger partial charge in [-0.3, -0.25) is 4.68 Å². The highest BCUT2D eigenvalue weighted by molar-refractivity contribution is 6.31. The molecule has 0 fully saturated rings. The molecule has 1 heterocycles. The Morgan fingerprint density at radius 1 is 1.39 bits per heavy atom. The van der Waals surface area contributed by atoms with Crippen LogP contribution in [0.15, 0.2) is 30.5 Å². The van der Waals surface area contributed by atoms with Crippen LogP contribution in [0.3, 0.4) is 0 Å². The first kappa shape index (κ1) is 13.1. The fourth-order valence-corrected chi connectivity index (χ4v) is 2.12. The molecule has 0 bridgehead atoms. The van der Waals surface area contributed by atoms with E-state index < -0.39 is 6.10 Å². The molecule has 1 aromatic heterocycles. The molecule has 1 N–H and O–H groups in total. The molecule has 96 valence electrons. The predicted octanol–water partition coefficient (Wildman–Crippen LogP) is 2.30. The number of benzene rings is 1. The number of methoxy groups -OCH3 is 1. The predicted molar refractivity (Wildman–Crippen MR) is 69.4 cm³/mol. The highest BCUT2D eigenvalue weighted by atomic mass is 35.5. The average molecular weight is 267 g/mol. The molecule has 0 aliphatic heterocycles. The van der Waals surface area contributed by atoms with Crippen LogP contribution in [0.2, 0.25) is 5.02 Å². The van der Waals surface area contributed by atoms with Crippen LogP contribution in [0.4, 0.5) is 0 Å². The van der Waals surface area contributed by atoms with Crippen molar-refractivity contribution in [3.05, 3.63) is 52.3 Å². The van der Waals surface area contributed by atoms with Gasteiger partial charge in [0.1, 0.15) is 6.10 Å². The zero-order valence-electron chi connectivity index (χ0n) is 10.3. The van der Waals surface area contributed by atoms with Gasteiger partial charge < -0.3 is 9.84 Å². The highest BCUT2D eigenvalue weighted by Crippen LogP contribution is 2.27. The van der Waals surface area contributed by atoms with Gasteiger partial charge in [-0.1, -0.05) is 35.9 Å². The minimum atomic E-state index is -0.776. The van der Waals surface area contributed by atoms with Crippen LogP contribution in [0, 0.1) is 0 Å². The molecule has 2 aromatic rings. The normalized spacial score (nSPS) is 12.7. The maximum atomic E-state index is 10.3. The Hall–Kier alpha value is -1.36. The van der Waals surface area contributed by atoms with Crippen molar-refractivity contribution in [3.8, 4) is 0 Å². The molecular formula is C13H15ClN2O2. The van der Waals surface area contributed by atoms with Crippen LogP contribution < -0.4 is 0 Å². The Bertz CT molecular complexity index is 503. The molecule has 0 aliphatic carbocycles. The van der Waals surface area contributed by atoms with E-state index in [4.69, 9.17) is 16.3 Å². The maximum absolute atomic E-state index is 10.3. The second kappa shape index (κ2) is 5.52. The van der Waals surface area contributed by atoms with Gasteiger partial charge >= 0.3 is 0 Å². The summed E-state index contributed by atoms with van der Waals surface area (Å²) < 4.78 is 6.62. The molecule has 0 aliphatic rings. The lowest BCUT2D eigenvalue weighted by Crippen LogP contribution is -2.07. The Morgan fingerprint density at radius 3 is 2.56 bits per heavy atom. The van der Waals surface area contributed by atoms with Crippen molar-refractivity contribution in [3.63, 3.8) is 0 Å². The van der Waals surface area contributed by atoms with Crippen molar-refractivity contribution in [2.75, 3.05) is 7.11 Å². The number of hydrogen-bond acceptors (Lipinski definition) is 3. The van der Waals surface area contributed by atoms with Crippen LogP contribution in [-0.4, -0.2) is 22.0 Å². The van der Waals surface area contributed by atoms with Crippen molar-refractivity contribution in [1.82, 2.24) is 9.78 Å². The van der Waals surface area contributed by atoms with E-state index in [1.54, 1.807) is 18.8 Å². The summed E-state index contributed by atoms with van der Waals surface area (Å²) in [5, 5.41) is 14.8. The molecule has 0 spiro atoms. The number of ether oxygens (including phenoxy) is 1. The standard InChI is InChI=1S/C13H15ClN2O2/c1-16-12(11(14)7-15-16)13(17)10-5-3-9(4-6-10)8-18-2/h3-7,13,17H,8H2,1-2H3. The molecule has 0 amide bonds. The van der Waals surface area contributed by atoms with E-state index in [9.17, 15) is 5.11 Å². The molecule has 1 atom stereocenters. The molecule has 0 saturated carbocycles. The van der Waals surface area contributed by atoms with Crippen LogP contribution in [0.5, 0.6) is 0 Å². The van der Waals surface area contributed by atoms with E-state index in [2.05, 4.69) is 5.10 Å². The summed E-state index contributed by atoms with van der Waals surface area (Å²) in [6.45, 7) is 0.558. The van der Waals surface area contributed by atoms with Crippen LogP contribution in [0.25, 0.3) is 0 Å². The smallest absolute Gasteiger partial charge is 0.122 e. The quantitative estimate of drug-likeness (QED) is 0.924. The summed E-state index contributed by atoms with van der Waals surface area (Å²) in [6, 6.07) is 7.57. The van der Waals surface area contributed by atoms with Crippen molar-refractivity contribution in [2.45, 2.75) is 12.7 Å². The molecule has 1 unspecified atom stereocenters. The molecule has 5 heteroatoms. The number of aliphatic hydroxyl groups is 1. The van der Waals surface area contributed by atoms with Crippen LogP contribution in [0.1, 0.15) is 22.9 Å². The van der Waals surface area contributed by atoms with E-state index in [0.29, 0.717) is 17.3 Å². The van der Waals surface area contributed by atoms with Gasteiger partial charge in [0.15, 0.2) is 0 Å². The van der Waals surface area contributed by atoms with Gasteiger partial charge in [-0.15, -0.1) is 0 Å².